The number of nitrogens with zero attached hydrogens (tertiary/aromatic N) is 1. The normalized spacial score (nSPS) is 12.2. The monoisotopic (exact) mass is 240 g/mol. The maximum absolute atomic E-state index is 8.67. The van der Waals surface area contributed by atoms with E-state index in [0.717, 1.165) is 10.0 Å². The molecule has 1 unspecified atom stereocenters. The summed E-state index contributed by atoms with van der Waals surface area (Å²) < 4.78 is 0.893. The van der Waals surface area contributed by atoms with Crippen LogP contribution in [-0.2, 0) is 4.84 Å². The van der Waals surface area contributed by atoms with Gasteiger partial charge < -0.3 is 0 Å². The standard InChI is InChI=1S/C9H9BrN2O/c1-6(13-12)8-4-7(5-11)2-3-9(8)10/h2-4,6H,12H2,1H3. The number of rotatable bonds is 2. The molecule has 0 aliphatic carbocycles. The summed E-state index contributed by atoms with van der Waals surface area (Å²) in [7, 11) is 0. The first-order chi connectivity index (χ1) is 6.19. The molecule has 0 spiro atoms. The highest BCUT2D eigenvalue weighted by atomic mass is 79.9. The van der Waals surface area contributed by atoms with E-state index in [1.165, 1.54) is 0 Å². The molecule has 0 saturated heterocycles. The van der Waals surface area contributed by atoms with E-state index in [-0.39, 0.29) is 6.10 Å². The lowest BCUT2D eigenvalue weighted by Gasteiger charge is -2.10. The zero-order valence-corrected chi connectivity index (χ0v) is 8.71. The van der Waals surface area contributed by atoms with E-state index in [1.54, 1.807) is 12.1 Å². The molecule has 0 fully saturated rings. The van der Waals surface area contributed by atoms with E-state index in [2.05, 4.69) is 26.8 Å². The zero-order valence-electron chi connectivity index (χ0n) is 7.12. The van der Waals surface area contributed by atoms with Gasteiger partial charge in [0.15, 0.2) is 0 Å². The summed E-state index contributed by atoms with van der Waals surface area (Å²) in [5.41, 5.74) is 1.48. The average molecular weight is 241 g/mol. The molecule has 0 radical (unpaired) electrons. The summed E-state index contributed by atoms with van der Waals surface area (Å²) >= 11 is 3.36. The van der Waals surface area contributed by atoms with Crippen LogP contribution in [0.5, 0.6) is 0 Å². The smallest absolute Gasteiger partial charge is 0.102 e. The minimum Gasteiger partial charge on any atom is -0.297 e. The summed E-state index contributed by atoms with van der Waals surface area (Å²) in [5.74, 6) is 5.06. The SMILES string of the molecule is CC(ON)c1cc(C#N)ccc1Br. The fraction of sp³-hybridized carbons (Fsp3) is 0.222. The van der Waals surface area contributed by atoms with Gasteiger partial charge in [0.05, 0.1) is 11.6 Å². The maximum atomic E-state index is 8.67. The fourth-order valence-corrected chi connectivity index (χ4v) is 1.57. The molecule has 4 heteroatoms. The molecular weight excluding hydrogens is 232 g/mol. The number of nitrogens with two attached hydrogens (primary N) is 1. The van der Waals surface area contributed by atoms with Crippen LogP contribution < -0.4 is 5.90 Å². The second-order valence-electron chi connectivity index (χ2n) is 2.63. The fourth-order valence-electron chi connectivity index (χ4n) is 0.998. The Labute approximate surface area is 85.2 Å². The number of nitriles is 1. The molecule has 0 aliphatic rings. The number of hydrogen-bond acceptors (Lipinski definition) is 3. The van der Waals surface area contributed by atoms with E-state index in [1.807, 2.05) is 13.0 Å². The summed E-state index contributed by atoms with van der Waals surface area (Å²) in [5, 5.41) is 8.67. The second kappa shape index (κ2) is 4.38. The summed E-state index contributed by atoms with van der Waals surface area (Å²) in [6, 6.07) is 7.35. The minimum absolute atomic E-state index is 0.220. The largest absolute Gasteiger partial charge is 0.297 e. The van der Waals surface area contributed by atoms with Crippen molar-refractivity contribution in [3.05, 3.63) is 33.8 Å². The quantitative estimate of drug-likeness (QED) is 0.808. The van der Waals surface area contributed by atoms with Gasteiger partial charge in [-0.3, -0.25) is 4.84 Å². The Bertz CT molecular complexity index is 346. The van der Waals surface area contributed by atoms with Crippen LogP contribution >= 0.6 is 15.9 Å². The highest BCUT2D eigenvalue weighted by Crippen LogP contribution is 2.25. The van der Waals surface area contributed by atoms with Crippen molar-refractivity contribution in [3.8, 4) is 6.07 Å². The Morgan fingerprint density at radius 1 is 1.62 bits per heavy atom. The molecule has 0 aromatic heterocycles. The summed E-state index contributed by atoms with van der Waals surface area (Å²) in [4.78, 5) is 4.68. The molecule has 1 aromatic rings. The van der Waals surface area contributed by atoms with E-state index in [9.17, 15) is 0 Å². The van der Waals surface area contributed by atoms with Crippen molar-refractivity contribution in [1.82, 2.24) is 0 Å². The first-order valence-electron chi connectivity index (χ1n) is 3.74. The molecule has 0 aliphatic heterocycles. The van der Waals surface area contributed by atoms with E-state index in [4.69, 9.17) is 11.2 Å². The lowest BCUT2D eigenvalue weighted by atomic mass is 10.1. The van der Waals surface area contributed by atoms with Crippen LogP contribution in [0.3, 0.4) is 0 Å². The second-order valence-corrected chi connectivity index (χ2v) is 3.48. The van der Waals surface area contributed by atoms with Gasteiger partial charge in [0.1, 0.15) is 6.10 Å². The van der Waals surface area contributed by atoms with Gasteiger partial charge in [0.2, 0.25) is 0 Å². The van der Waals surface area contributed by atoms with E-state index < -0.39 is 0 Å². The van der Waals surface area contributed by atoms with Crippen LogP contribution in [0.1, 0.15) is 24.2 Å². The highest BCUT2D eigenvalue weighted by Gasteiger charge is 2.09. The highest BCUT2D eigenvalue weighted by molar-refractivity contribution is 9.10. The average Bonchev–Trinajstić information content (AvgIpc) is 2.17. The molecule has 0 bridgehead atoms. The molecule has 1 atom stereocenters. The Balaban J connectivity index is 3.12. The van der Waals surface area contributed by atoms with Crippen molar-refractivity contribution in [2.75, 3.05) is 0 Å². The summed E-state index contributed by atoms with van der Waals surface area (Å²) in [6.45, 7) is 1.82. The van der Waals surface area contributed by atoms with Gasteiger partial charge in [0.25, 0.3) is 0 Å². The first kappa shape index (κ1) is 10.2. The molecular formula is C9H9BrN2O. The third kappa shape index (κ3) is 2.28. The zero-order chi connectivity index (χ0) is 9.84. The van der Waals surface area contributed by atoms with Crippen LogP contribution in [0.4, 0.5) is 0 Å². The van der Waals surface area contributed by atoms with Crippen LogP contribution in [-0.4, -0.2) is 0 Å². The predicted molar refractivity (Wildman–Crippen MR) is 52.5 cm³/mol. The lowest BCUT2D eigenvalue weighted by molar-refractivity contribution is 0.0659. The molecule has 2 N–H and O–H groups in total. The van der Waals surface area contributed by atoms with Crippen LogP contribution in [0.2, 0.25) is 0 Å². The molecule has 0 heterocycles. The van der Waals surface area contributed by atoms with Crippen LogP contribution in [0.15, 0.2) is 22.7 Å². The Morgan fingerprint density at radius 2 is 2.31 bits per heavy atom. The molecule has 0 amide bonds. The van der Waals surface area contributed by atoms with Crippen molar-refractivity contribution < 1.29 is 4.84 Å². The van der Waals surface area contributed by atoms with Gasteiger partial charge in [-0.05, 0) is 30.7 Å². The number of benzene rings is 1. The van der Waals surface area contributed by atoms with Crippen LogP contribution in [0.25, 0.3) is 0 Å². The lowest BCUT2D eigenvalue weighted by Crippen LogP contribution is -2.06. The molecule has 1 rings (SSSR count). The van der Waals surface area contributed by atoms with Gasteiger partial charge in [-0.1, -0.05) is 15.9 Å². The molecule has 68 valence electrons. The molecule has 0 saturated carbocycles. The molecule has 1 aromatic carbocycles. The predicted octanol–water partition coefficient (Wildman–Crippen LogP) is 2.27. The number of halogens is 1. The van der Waals surface area contributed by atoms with Crippen LogP contribution in [0, 0.1) is 11.3 Å². The van der Waals surface area contributed by atoms with Crippen molar-refractivity contribution in [2.45, 2.75) is 13.0 Å². The Hall–Kier alpha value is -0.890. The van der Waals surface area contributed by atoms with E-state index in [0.29, 0.717) is 5.56 Å². The molecule has 13 heavy (non-hydrogen) atoms. The Kier molecular flexibility index (Phi) is 3.43. The van der Waals surface area contributed by atoms with Crippen molar-refractivity contribution in [3.63, 3.8) is 0 Å². The third-order valence-electron chi connectivity index (χ3n) is 1.77. The molecule has 3 nitrogen and oxygen atoms in total. The topological polar surface area (TPSA) is 59.0 Å². The van der Waals surface area contributed by atoms with Gasteiger partial charge in [-0.15, -0.1) is 0 Å². The van der Waals surface area contributed by atoms with Gasteiger partial charge >= 0.3 is 0 Å². The van der Waals surface area contributed by atoms with Gasteiger partial charge in [-0.25, -0.2) is 5.90 Å². The summed E-state index contributed by atoms with van der Waals surface area (Å²) in [6.07, 6.45) is -0.220. The Morgan fingerprint density at radius 3 is 2.85 bits per heavy atom. The third-order valence-corrected chi connectivity index (χ3v) is 2.49. The maximum Gasteiger partial charge on any atom is 0.102 e. The van der Waals surface area contributed by atoms with Gasteiger partial charge in [-0.2, -0.15) is 5.26 Å². The van der Waals surface area contributed by atoms with E-state index >= 15 is 0 Å². The number of hydrogen-bond donors (Lipinski definition) is 1. The van der Waals surface area contributed by atoms with Crippen molar-refractivity contribution in [1.29, 1.82) is 5.26 Å². The minimum atomic E-state index is -0.220. The van der Waals surface area contributed by atoms with Gasteiger partial charge in [0, 0.05) is 4.47 Å². The first-order valence-corrected chi connectivity index (χ1v) is 4.53. The van der Waals surface area contributed by atoms with Crippen molar-refractivity contribution in [2.24, 2.45) is 5.90 Å². The van der Waals surface area contributed by atoms with Crippen molar-refractivity contribution >= 4 is 15.9 Å².